The number of methoxy groups -OCH3 is 1. The second-order valence-corrected chi connectivity index (χ2v) is 3.09. The minimum absolute atomic E-state index is 0.776. The molecule has 0 amide bonds. The van der Waals surface area contributed by atoms with Crippen LogP contribution in [0.25, 0.3) is 0 Å². The molecule has 0 aliphatic rings. The summed E-state index contributed by atoms with van der Waals surface area (Å²) in [6.45, 7) is 1.95. The smallest absolute Gasteiger partial charge is 0.133 e. The molecule has 0 heterocycles. The monoisotopic (exact) mass is 215 g/mol. The average Bonchev–Trinajstić information content (AvgIpc) is 2.01. The van der Waals surface area contributed by atoms with Gasteiger partial charge in [0.1, 0.15) is 5.75 Å². The summed E-state index contributed by atoms with van der Waals surface area (Å²) in [4.78, 5) is 0. The SMILES string of the molecule is COc1ccc(N)c(C)c1Br. The van der Waals surface area contributed by atoms with E-state index in [9.17, 15) is 0 Å². The minimum atomic E-state index is 0.776. The van der Waals surface area contributed by atoms with Gasteiger partial charge in [-0.2, -0.15) is 0 Å². The number of halogens is 1. The highest BCUT2D eigenvalue weighted by atomic mass is 79.9. The van der Waals surface area contributed by atoms with E-state index in [-0.39, 0.29) is 0 Å². The van der Waals surface area contributed by atoms with Gasteiger partial charge in [0.15, 0.2) is 0 Å². The lowest BCUT2D eigenvalue weighted by molar-refractivity contribution is 0.412. The lowest BCUT2D eigenvalue weighted by Crippen LogP contribution is -1.92. The Morgan fingerprint density at radius 1 is 1.45 bits per heavy atom. The van der Waals surface area contributed by atoms with Crippen LogP contribution >= 0.6 is 15.9 Å². The van der Waals surface area contributed by atoms with Crippen LogP contribution < -0.4 is 10.5 Å². The highest BCUT2D eigenvalue weighted by Gasteiger charge is 2.04. The van der Waals surface area contributed by atoms with E-state index in [2.05, 4.69) is 15.9 Å². The first-order valence-electron chi connectivity index (χ1n) is 3.25. The summed E-state index contributed by atoms with van der Waals surface area (Å²) < 4.78 is 6.01. The van der Waals surface area contributed by atoms with Crippen LogP contribution in [0.2, 0.25) is 0 Å². The third kappa shape index (κ3) is 1.48. The lowest BCUT2D eigenvalue weighted by Gasteiger charge is -2.07. The fourth-order valence-corrected chi connectivity index (χ4v) is 1.36. The van der Waals surface area contributed by atoms with Crippen molar-refractivity contribution in [2.75, 3.05) is 12.8 Å². The molecular weight excluding hydrogens is 206 g/mol. The van der Waals surface area contributed by atoms with E-state index in [1.165, 1.54) is 0 Å². The van der Waals surface area contributed by atoms with Crippen molar-refractivity contribution in [3.63, 3.8) is 0 Å². The van der Waals surface area contributed by atoms with Crippen LogP contribution in [0.3, 0.4) is 0 Å². The average molecular weight is 216 g/mol. The minimum Gasteiger partial charge on any atom is -0.496 e. The van der Waals surface area contributed by atoms with Gasteiger partial charge in [0.25, 0.3) is 0 Å². The van der Waals surface area contributed by atoms with Gasteiger partial charge in [-0.3, -0.25) is 0 Å². The van der Waals surface area contributed by atoms with Crippen LogP contribution in [0.4, 0.5) is 5.69 Å². The van der Waals surface area contributed by atoms with Crippen molar-refractivity contribution in [2.45, 2.75) is 6.92 Å². The fraction of sp³-hybridized carbons (Fsp3) is 0.250. The Morgan fingerprint density at radius 2 is 2.09 bits per heavy atom. The molecule has 1 aromatic rings. The van der Waals surface area contributed by atoms with E-state index in [1.54, 1.807) is 7.11 Å². The number of hydrogen-bond donors (Lipinski definition) is 1. The molecule has 2 nitrogen and oxygen atoms in total. The molecule has 60 valence electrons. The number of nitrogens with two attached hydrogens (primary N) is 1. The maximum atomic E-state index is 5.66. The van der Waals surface area contributed by atoms with E-state index in [4.69, 9.17) is 10.5 Å². The predicted octanol–water partition coefficient (Wildman–Crippen LogP) is 2.35. The van der Waals surface area contributed by atoms with Crippen LogP contribution in [0.1, 0.15) is 5.56 Å². The summed E-state index contributed by atoms with van der Waals surface area (Å²) in [7, 11) is 1.63. The Bertz CT molecular complexity index is 273. The normalized spacial score (nSPS) is 9.73. The Morgan fingerprint density at radius 3 is 2.64 bits per heavy atom. The van der Waals surface area contributed by atoms with Gasteiger partial charge in [-0.15, -0.1) is 0 Å². The third-order valence-corrected chi connectivity index (χ3v) is 2.60. The zero-order valence-electron chi connectivity index (χ0n) is 6.52. The molecule has 0 aliphatic heterocycles. The summed E-state index contributed by atoms with van der Waals surface area (Å²) in [6.07, 6.45) is 0. The molecule has 0 spiro atoms. The van der Waals surface area contributed by atoms with Gasteiger partial charge in [-0.1, -0.05) is 0 Å². The van der Waals surface area contributed by atoms with Gasteiger partial charge < -0.3 is 10.5 Å². The summed E-state index contributed by atoms with van der Waals surface area (Å²) in [5.41, 5.74) is 7.45. The second-order valence-electron chi connectivity index (χ2n) is 2.30. The Balaban J connectivity index is 3.25. The van der Waals surface area contributed by atoms with Crippen LogP contribution in [0.15, 0.2) is 16.6 Å². The highest BCUT2D eigenvalue weighted by molar-refractivity contribution is 9.10. The number of anilines is 1. The summed E-state index contributed by atoms with van der Waals surface area (Å²) in [5.74, 6) is 0.816. The van der Waals surface area contributed by atoms with Crippen molar-refractivity contribution in [1.29, 1.82) is 0 Å². The first-order valence-corrected chi connectivity index (χ1v) is 4.04. The molecule has 0 radical (unpaired) electrons. The summed E-state index contributed by atoms with van der Waals surface area (Å²) in [6, 6.07) is 3.67. The van der Waals surface area contributed by atoms with E-state index >= 15 is 0 Å². The predicted molar refractivity (Wildman–Crippen MR) is 49.8 cm³/mol. The van der Waals surface area contributed by atoms with E-state index < -0.39 is 0 Å². The maximum absolute atomic E-state index is 5.66. The zero-order valence-corrected chi connectivity index (χ0v) is 8.10. The third-order valence-electron chi connectivity index (χ3n) is 1.61. The summed E-state index contributed by atoms with van der Waals surface area (Å²) in [5, 5.41) is 0. The number of ether oxygens (including phenoxy) is 1. The van der Waals surface area contributed by atoms with Gasteiger partial charge >= 0.3 is 0 Å². The molecule has 1 aromatic carbocycles. The van der Waals surface area contributed by atoms with Gasteiger partial charge in [0.2, 0.25) is 0 Å². The Labute approximate surface area is 74.5 Å². The van der Waals surface area contributed by atoms with Crippen LogP contribution in [-0.4, -0.2) is 7.11 Å². The quantitative estimate of drug-likeness (QED) is 0.731. The molecule has 1 rings (SSSR count). The van der Waals surface area contributed by atoms with Gasteiger partial charge in [0, 0.05) is 5.69 Å². The fourth-order valence-electron chi connectivity index (χ4n) is 0.833. The molecule has 0 aromatic heterocycles. The molecule has 3 heteroatoms. The van der Waals surface area contributed by atoms with E-state index in [0.717, 1.165) is 21.5 Å². The molecule has 0 unspecified atom stereocenters. The second kappa shape index (κ2) is 3.13. The number of nitrogen functional groups attached to an aromatic ring is 1. The highest BCUT2D eigenvalue weighted by Crippen LogP contribution is 2.31. The van der Waals surface area contributed by atoms with E-state index in [0.29, 0.717) is 0 Å². The number of rotatable bonds is 1. The van der Waals surface area contributed by atoms with Gasteiger partial charge in [-0.25, -0.2) is 0 Å². The summed E-state index contributed by atoms with van der Waals surface area (Å²) >= 11 is 3.39. The molecule has 2 N–H and O–H groups in total. The number of benzene rings is 1. The van der Waals surface area contributed by atoms with Crippen molar-refractivity contribution in [3.05, 3.63) is 22.2 Å². The van der Waals surface area contributed by atoms with Crippen molar-refractivity contribution < 1.29 is 4.74 Å². The van der Waals surface area contributed by atoms with Gasteiger partial charge in [0.05, 0.1) is 11.6 Å². The molecule has 0 fully saturated rings. The molecule has 0 saturated heterocycles. The van der Waals surface area contributed by atoms with Crippen LogP contribution in [-0.2, 0) is 0 Å². The van der Waals surface area contributed by atoms with E-state index in [1.807, 2.05) is 19.1 Å². The lowest BCUT2D eigenvalue weighted by atomic mass is 10.2. The molecule has 0 aliphatic carbocycles. The first-order chi connectivity index (χ1) is 5.16. The molecule has 11 heavy (non-hydrogen) atoms. The number of hydrogen-bond acceptors (Lipinski definition) is 2. The Hall–Kier alpha value is -0.700. The first kappa shape index (κ1) is 8.40. The van der Waals surface area contributed by atoms with Crippen molar-refractivity contribution in [1.82, 2.24) is 0 Å². The van der Waals surface area contributed by atoms with Gasteiger partial charge in [-0.05, 0) is 40.5 Å². The standard InChI is InChI=1S/C8H10BrNO/c1-5-6(10)3-4-7(11-2)8(5)9/h3-4H,10H2,1-2H3. The largest absolute Gasteiger partial charge is 0.496 e. The molecule has 0 atom stereocenters. The molecule has 0 bridgehead atoms. The topological polar surface area (TPSA) is 35.2 Å². The van der Waals surface area contributed by atoms with Crippen LogP contribution in [0, 0.1) is 6.92 Å². The van der Waals surface area contributed by atoms with Crippen LogP contribution in [0.5, 0.6) is 5.75 Å². The van der Waals surface area contributed by atoms with Crippen molar-refractivity contribution in [2.24, 2.45) is 0 Å². The van der Waals surface area contributed by atoms with Crippen molar-refractivity contribution in [3.8, 4) is 5.75 Å². The molecule has 0 saturated carbocycles. The Kier molecular flexibility index (Phi) is 2.39. The molecular formula is C8H10BrNO. The zero-order chi connectivity index (χ0) is 8.43. The van der Waals surface area contributed by atoms with Crippen molar-refractivity contribution >= 4 is 21.6 Å². The maximum Gasteiger partial charge on any atom is 0.133 e.